The number of carbonyl (C=O) groups excluding carboxylic acids is 3. The minimum atomic E-state index is -0.886. The molecule has 2 N–H and O–H groups in total. The lowest BCUT2D eigenvalue weighted by Crippen LogP contribution is -2.48. The molecule has 3 amide bonds. The third-order valence-electron chi connectivity index (χ3n) is 4.19. The van der Waals surface area contributed by atoms with Gasteiger partial charge in [0.05, 0.1) is 26.3 Å². The quantitative estimate of drug-likeness (QED) is 0.565. The summed E-state index contributed by atoms with van der Waals surface area (Å²) in [5.41, 5.74) is 5.73. The highest BCUT2D eigenvalue weighted by Gasteiger charge is 2.39. The van der Waals surface area contributed by atoms with Gasteiger partial charge in [-0.2, -0.15) is 0 Å². The van der Waals surface area contributed by atoms with Crippen molar-refractivity contribution in [1.82, 2.24) is 10.9 Å². The van der Waals surface area contributed by atoms with Crippen molar-refractivity contribution in [2.75, 3.05) is 19.1 Å². The summed E-state index contributed by atoms with van der Waals surface area (Å²) in [6.45, 7) is 0. The van der Waals surface area contributed by atoms with E-state index in [0.717, 1.165) is 4.90 Å². The lowest BCUT2D eigenvalue weighted by molar-refractivity contribution is -0.121. The number of hydrogen-bond donors (Lipinski definition) is 2. The fraction of sp³-hybridized carbons (Fsp3) is 0.211. The maximum Gasteiger partial charge on any atom is 0.265 e. The molecular formula is C19H18ClN3O5. The first-order valence-electron chi connectivity index (χ1n) is 8.34. The van der Waals surface area contributed by atoms with Gasteiger partial charge in [-0.25, -0.2) is 10.3 Å². The van der Waals surface area contributed by atoms with Crippen LogP contribution >= 0.6 is 11.6 Å². The van der Waals surface area contributed by atoms with Crippen molar-refractivity contribution >= 4 is 35.0 Å². The van der Waals surface area contributed by atoms with Crippen molar-refractivity contribution in [3.63, 3.8) is 0 Å². The number of carbonyl (C=O) groups is 3. The van der Waals surface area contributed by atoms with Gasteiger partial charge in [0.25, 0.3) is 11.8 Å². The Morgan fingerprint density at radius 1 is 1.11 bits per heavy atom. The third-order valence-corrected chi connectivity index (χ3v) is 4.42. The molecule has 3 rings (SSSR count). The number of nitrogens with zero attached hydrogens (tertiary/aromatic N) is 1. The summed E-state index contributed by atoms with van der Waals surface area (Å²) in [6.07, 6.45) is -0.0902. The highest BCUT2D eigenvalue weighted by Crippen LogP contribution is 2.25. The fourth-order valence-corrected chi connectivity index (χ4v) is 2.98. The van der Waals surface area contributed by atoms with Crippen molar-refractivity contribution in [3.8, 4) is 11.5 Å². The van der Waals surface area contributed by atoms with E-state index in [-0.39, 0.29) is 17.9 Å². The van der Waals surface area contributed by atoms with E-state index in [1.54, 1.807) is 24.3 Å². The summed E-state index contributed by atoms with van der Waals surface area (Å²) in [5, 5.41) is 0.412. The third kappa shape index (κ3) is 4.08. The minimum Gasteiger partial charge on any atom is -0.497 e. The van der Waals surface area contributed by atoms with Crippen LogP contribution in [0, 0.1) is 0 Å². The lowest BCUT2D eigenvalue weighted by Gasteiger charge is -2.16. The monoisotopic (exact) mass is 403 g/mol. The Hall–Kier alpha value is -3.10. The van der Waals surface area contributed by atoms with E-state index in [1.165, 1.54) is 32.4 Å². The second-order valence-electron chi connectivity index (χ2n) is 6.00. The van der Waals surface area contributed by atoms with Gasteiger partial charge in [-0.15, -0.1) is 0 Å². The first kappa shape index (κ1) is 19.7. The van der Waals surface area contributed by atoms with E-state index in [9.17, 15) is 14.4 Å². The second-order valence-corrected chi connectivity index (χ2v) is 6.44. The fourth-order valence-electron chi connectivity index (χ4n) is 2.79. The summed E-state index contributed by atoms with van der Waals surface area (Å²) in [6, 6.07) is 10.2. The zero-order valence-electron chi connectivity index (χ0n) is 15.2. The van der Waals surface area contributed by atoms with Gasteiger partial charge in [-0.3, -0.25) is 19.8 Å². The van der Waals surface area contributed by atoms with E-state index in [4.69, 9.17) is 21.1 Å². The number of imide groups is 1. The molecule has 0 bridgehead atoms. The molecule has 1 saturated heterocycles. The van der Waals surface area contributed by atoms with E-state index in [2.05, 4.69) is 10.9 Å². The van der Waals surface area contributed by atoms with Crippen molar-refractivity contribution in [1.29, 1.82) is 0 Å². The van der Waals surface area contributed by atoms with Crippen LogP contribution in [-0.4, -0.2) is 38.0 Å². The van der Waals surface area contributed by atoms with E-state index < -0.39 is 17.9 Å². The zero-order chi connectivity index (χ0) is 20.3. The molecule has 1 aliphatic heterocycles. The van der Waals surface area contributed by atoms with E-state index in [0.29, 0.717) is 22.2 Å². The highest BCUT2D eigenvalue weighted by molar-refractivity contribution is 6.31. The van der Waals surface area contributed by atoms with Crippen LogP contribution in [0.15, 0.2) is 42.5 Å². The maximum atomic E-state index is 12.6. The molecule has 2 aromatic rings. The van der Waals surface area contributed by atoms with Gasteiger partial charge in [0.1, 0.15) is 17.5 Å². The first-order valence-corrected chi connectivity index (χ1v) is 8.72. The average Bonchev–Trinajstić information content (AvgIpc) is 2.98. The lowest BCUT2D eigenvalue weighted by atomic mass is 10.2. The Morgan fingerprint density at radius 2 is 1.79 bits per heavy atom. The molecule has 9 heteroatoms. The number of hydrogen-bond acceptors (Lipinski definition) is 6. The smallest absolute Gasteiger partial charge is 0.265 e. The number of nitrogens with one attached hydrogen (secondary N) is 2. The summed E-state index contributed by atoms with van der Waals surface area (Å²) in [4.78, 5) is 38.3. The predicted octanol–water partition coefficient (Wildman–Crippen LogP) is 1.92. The van der Waals surface area contributed by atoms with Crippen LogP contribution in [0.3, 0.4) is 0 Å². The van der Waals surface area contributed by atoms with E-state index in [1.807, 2.05) is 0 Å². The van der Waals surface area contributed by atoms with Gasteiger partial charge in [-0.1, -0.05) is 17.7 Å². The van der Waals surface area contributed by atoms with Crippen LogP contribution in [-0.2, 0) is 9.59 Å². The molecular weight excluding hydrogens is 386 g/mol. The molecule has 0 spiro atoms. The number of ether oxygens (including phenoxy) is 2. The Morgan fingerprint density at radius 3 is 2.39 bits per heavy atom. The summed E-state index contributed by atoms with van der Waals surface area (Å²) < 4.78 is 10.3. The highest BCUT2D eigenvalue weighted by atomic mass is 35.5. The number of amides is 3. The Bertz CT molecular complexity index is 911. The number of rotatable bonds is 6. The van der Waals surface area contributed by atoms with E-state index >= 15 is 0 Å². The molecule has 28 heavy (non-hydrogen) atoms. The molecule has 0 radical (unpaired) electrons. The standard InChI is InChI=1S/C19H18ClN3O5/c1-27-14-6-11(7-15(9-14)28-2)18(25)22-21-16-10-17(24)23(19(16)26)13-5-3-4-12(20)8-13/h3-9,16,21H,10H2,1-2H3,(H,22,25)/t16-/m1/s1. The molecule has 1 atom stereocenters. The predicted molar refractivity (Wildman–Crippen MR) is 102 cm³/mol. The van der Waals surface area contributed by atoms with Gasteiger partial charge in [-0.05, 0) is 30.3 Å². The molecule has 0 unspecified atom stereocenters. The number of methoxy groups -OCH3 is 2. The van der Waals surface area contributed by atoms with Crippen LogP contribution in [0.1, 0.15) is 16.8 Å². The van der Waals surface area contributed by atoms with Crippen molar-refractivity contribution in [2.45, 2.75) is 12.5 Å². The Labute approximate surface area is 166 Å². The molecule has 0 aliphatic carbocycles. The number of halogens is 1. The van der Waals surface area contributed by atoms with Gasteiger partial charge in [0.2, 0.25) is 5.91 Å². The Balaban J connectivity index is 1.69. The molecule has 1 fully saturated rings. The van der Waals surface area contributed by atoms with Crippen molar-refractivity contribution in [2.24, 2.45) is 0 Å². The molecule has 0 aromatic heterocycles. The van der Waals surface area contributed by atoms with Crippen molar-refractivity contribution in [3.05, 3.63) is 53.1 Å². The topological polar surface area (TPSA) is 97.0 Å². The molecule has 0 saturated carbocycles. The molecule has 146 valence electrons. The van der Waals surface area contributed by atoms with Crippen molar-refractivity contribution < 1.29 is 23.9 Å². The molecule has 8 nitrogen and oxygen atoms in total. The minimum absolute atomic E-state index is 0.0902. The molecule has 1 aliphatic rings. The average molecular weight is 404 g/mol. The number of benzene rings is 2. The summed E-state index contributed by atoms with van der Waals surface area (Å²) >= 11 is 5.93. The first-order chi connectivity index (χ1) is 13.4. The molecule has 1 heterocycles. The summed E-state index contributed by atoms with van der Waals surface area (Å²) in [7, 11) is 2.95. The van der Waals surface area contributed by atoms with Crippen LogP contribution in [0.2, 0.25) is 5.02 Å². The van der Waals surface area contributed by atoms with Gasteiger partial charge in [0.15, 0.2) is 0 Å². The summed E-state index contributed by atoms with van der Waals surface area (Å²) in [5.74, 6) is -0.469. The maximum absolute atomic E-state index is 12.6. The number of hydrazine groups is 1. The second kappa shape index (κ2) is 8.28. The van der Waals surface area contributed by atoms with Gasteiger partial charge >= 0.3 is 0 Å². The largest absolute Gasteiger partial charge is 0.497 e. The van der Waals surface area contributed by atoms with Crippen LogP contribution in [0.5, 0.6) is 11.5 Å². The Kier molecular flexibility index (Phi) is 5.81. The normalized spacial score (nSPS) is 16.2. The zero-order valence-corrected chi connectivity index (χ0v) is 15.9. The molecule has 2 aromatic carbocycles. The van der Waals surface area contributed by atoms with Gasteiger partial charge in [0, 0.05) is 16.7 Å². The number of anilines is 1. The van der Waals surface area contributed by atoms with Crippen LogP contribution in [0.25, 0.3) is 0 Å². The van der Waals surface area contributed by atoms with Crippen LogP contribution in [0.4, 0.5) is 5.69 Å². The van der Waals surface area contributed by atoms with Gasteiger partial charge < -0.3 is 9.47 Å². The SMILES string of the molecule is COc1cc(OC)cc(C(=O)NN[C@@H]2CC(=O)N(c3cccc(Cl)c3)C2=O)c1. The van der Waals surface area contributed by atoms with Crippen LogP contribution < -0.4 is 25.2 Å².